The number of hydrogen-bond acceptors (Lipinski definition) is 2. The Labute approximate surface area is 100 Å². The molecule has 0 saturated heterocycles. The molecule has 0 spiro atoms. The summed E-state index contributed by atoms with van der Waals surface area (Å²) in [6, 6.07) is 9.34. The number of rotatable bonds is 3. The number of nitrogens with zero attached hydrogens (tertiary/aromatic N) is 2. The zero-order chi connectivity index (χ0) is 12.4. The summed E-state index contributed by atoms with van der Waals surface area (Å²) in [4.78, 5) is 11.1. The highest BCUT2D eigenvalue weighted by Gasteiger charge is 2.04. The largest absolute Gasteiger partial charge is 0.366 e. The van der Waals surface area contributed by atoms with Crippen molar-refractivity contribution in [2.24, 2.45) is 5.73 Å². The lowest BCUT2D eigenvalue weighted by molar-refractivity contribution is 0.1000. The summed E-state index contributed by atoms with van der Waals surface area (Å²) >= 11 is 0. The molecule has 2 aromatic rings. The number of primary amides is 1. The first-order valence-electron chi connectivity index (χ1n) is 5.46. The summed E-state index contributed by atoms with van der Waals surface area (Å²) in [6.45, 7) is 4.63. The minimum Gasteiger partial charge on any atom is -0.366 e. The molecule has 0 saturated carbocycles. The number of benzene rings is 1. The number of aromatic nitrogens is 2. The second-order valence-corrected chi connectivity index (χ2v) is 4.15. The zero-order valence-corrected chi connectivity index (χ0v) is 9.97. The Bertz CT molecular complexity index is 558. The van der Waals surface area contributed by atoms with E-state index < -0.39 is 5.91 Å². The van der Waals surface area contributed by atoms with Gasteiger partial charge in [-0.05, 0) is 37.6 Å². The van der Waals surface area contributed by atoms with Crippen molar-refractivity contribution in [1.29, 1.82) is 0 Å². The summed E-state index contributed by atoms with van der Waals surface area (Å²) < 4.78 is 1.91. The summed E-state index contributed by atoms with van der Waals surface area (Å²) in [7, 11) is 0. The van der Waals surface area contributed by atoms with E-state index in [1.807, 2.05) is 36.7 Å². The lowest BCUT2D eigenvalue weighted by Crippen LogP contribution is -2.12. The Kier molecular flexibility index (Phi) is 2.95. The van der Waals surface area contributed by atoms with E-state index in [0.29, 0.717) is 12.1 Å². The van der Waals surface area contributed by atoms with Crippen molar-refractivity contribution >= 4 is 5.91 Å². The average molecular weight is 229 g/mol. The average Bonchev–Trinajstić information content (AvgIpc) is 2.58. The van der Waals surface area contributed by atoms with Crippen molar-refractivity contribution in [1.82, 2.24) is 9.78 Å². The number of carbonyl (C=O) groups excluding carboxylic acids is 1. The third-order valence-electron chi connectivity index (χ3n) is 2.65. The lowest BCUT2D eigenvalue weighted by Gasteiger charge is -2.05. The predicted molar refractivity (Wildman–Crippen MR) is 65.8 cm³/mol. The van der Waals surface area contributed by atoms with Gasteiger partial charge in [0.2, 0.25) is 5.91 Å². The van der Waals surface area contributed by atoms with Gasteiger partial charge in [-0.15, -0.1) is 0 Å². The standard InChI is InChI=1S/C13H15N3O/c1-9-6-10(2)16(15-9)8-11-4-3-5-12(7-11)13(14)17/h3-7H,8H2,1-2H3,(H2,14,17). The molecule has 88 valence electrons. The molecule has 0 unspecified atom stereocenters. The lowest BCUT2D eigenvalue weighted by atomic mass is 10.1. The highest BCUT2D eigenvalue weighted by Crippen LogP contribution is 2.09. The van der Waals surface area contributed by atoms with E-state index in [0.717, 1.165) is 17.0 Å². The number of aryl methyl sites for hydroxylation is 2. The van der Waals surface area contributed by atoms with Crippen molar-refractivity contribution in [3.05, 3.63) is 52.8 Å². The highest BCUT2D eigenvalue weighted by atomic mass is 16.1. The fourth-order valence-corrected chi connectivity index (χ4v) is 1.83. The summed E-state index contributed by atoms with van der Waals surface area (Å²) in [5.41, 5.74) is 8.90. The maximum absolute atomic E-state index is 11.1. The van der Waals surface area contributed by atoms with Gasteiger partial charge in [-0.1, -0.05) is 12.1 Å². The Morgan fingerprint density at radius 2 is 2.12 bits per heavy atom. The Balaban J connectivity index is 2.27. The van der Waals surface area contributed by atoms with Gasteiger partial charge in [0, 0.05) is 11.3 Å². The molecule has 0 radical (unpaired) electrons. The van der Waals surface area contributed by atoms with Crippen LogP contribution in [0.4, 0.5) is 0 Å². The monoisotopic (exact) mass is 229 g/mol. The maximum atomic E-state index is 11.1. The molecule has 0 atom stereocenters. The Morgan fingerprint density at radius 3 is 2.71 bits per heavy atom. The van der Waals surface area contributed by atoms with E-state index in [-0.39, 0.29) is 0 Å². The molecule has 2 N–H and O–H groups in total. The molecule has 0 aliphatic carbocycles. The van der Waals surface area contributed by atoms with Crippen molar-refractivity contribution in [3.8, 4) is 0 Å². The first-order chi connectivity index (χ1) is 8.06. The molecular weight excluding hydrogens is 214 g/mol. The van der Waals surface area contributed by atoms with Crippen LogP contribution in [0.5, 0.6) is 0 Å². The van der Waals surface area contributed by atoms with Crippen LogP contribution < -0.4 is 5.73 Å². The molecule has 2 rings (SSSR count). The molecule has 0 bridgehead atoms. The molecule has 1 amide bonds. The van der Waals surface area contributed by atoms with Crippen LogP contribution >= 0.6 is 0 Å². The summed E-state index contributed by atoms with van der Waals surface area (Å²) in [5, 5.41) is 4.38. The molecule has 0 fully saturated rings. The van der Waals surface area contributed by atoms with Crippen LogP contribution in [-0.4, -0.2) is 15.7 Å². The van der Waals surface area contributed by atoms with Crippen LogP contribution in [0.15, 0.2) is 30.3 Å². The molecule has 1 aromatic heterocycles. The SMILES string of the molecule is Cc1cc(C)n(Cc2cccc(C(N)=O)c2)n1. The maximum Gasteiger partial charge on any atom is 0.248 e. The number of hydrogen-bond donors (Lipinski definition) is 1. The fraction of sp³-hybridized carbons (Fsp3) is 0.231. The van der Waals surface area contributed by atoms with Crippen LogP contribution in [0.2, 0.25) is 0 Å². The normalized spacial score (nSPS) is 10.5. The number of nitrogens with two attached hydrogens (primary N) is 1. The molecule has 4 heteroatoms. The van der Waals surface area contributed by atoms with Crippen LogP contribution in [0.1, 0.15) is 27.3 Å². The molecular formula is C13H15N3O. The van der Waals surface area contributed by atoms with E-state index >= 15 is 0 Å². The van der Waals surface area contributed by atoms with Gasteiger partial charge < -0.3 is 5.73 Å². The topological polar surface area (TPSA) is 60.9 Å². The van der Waals surface area contributed by atoms with Gasteiger partial charge in [0.05, 0.1) is 12.2 Å². The van der Waals surface area contributed by atoms with E-state index in [4.69, 9.17) is 5.73 Å². The van der Waals surface area contributed by atoms with Crippen LogP contribution in [-0.2, 0) is 6.54 Å². The minimum absolute atomic E-state index is 0.403. The molecule has 1 aromatic carbocycles. The van der Waals surface area contributed by atoms with Gasteiger partial charge in [-0.3, -0.25) is 9.48 Å². The quantitative estimate of drug-likeness (QED) is 0.869. The highest BCUT2D eigenvalue weighted by molar-refractivity contribution is 5.92. The van der Waals surface area contributed by atoms with E-state index in [1.54, 1.807) is 12.1 Å². The zero-order valence-electron chi connectivity index (χ0n) is 9.97. The first-order valence-corrected chi connectivity index (χ1v) is 5.46. The smallest absolute Gasteiger partial charge is 0.248 e. The van der Waals surface area contributed by atoms with Crippen LogP contribution in [0, 0.1) is 13.8 Å². The van der Waals surface area contributed by atoms with E-state index in [1.165, 1.54) is 0 Å². The first kappa shape index (κ1) is 11.4. The number of carbonyl (C=O) groups is 1. The van der Waals surface area contributed by atoms with Crippen molar-refractivity contribution in [2.45, 2.75) is 20.4 Å². The Morgan fingerprint density at radius 1 is 1.35 bits per heavy atom. The molecule has 4 nitrogen and oxygen atoms in total. The van der Waals surface area contributed by atoms with Crippen molar-refractivity contribution in [3.63, 3.8) is 0 Å². The van der Waals surface area contributed by atoms with Gasteiger partial charge >= 0.3 is 0 Å². The molecule has 0 aliphatic heterocycles. The van der Waals surface area contributed by atoms with Crippen molar-refractivity contribution < 1.29 is 4.79 Å². The van der Waals surface area contributed by atoms with Gasteiger partial charge in [0.25, 0.3) is 0 Å². The predicted octanol–water partition coefficient (Wildman–Crippen LogP) is 1.65. The van der Waals surface area contributed by atoms with Gasteiger partial charge in [-0.25, -0.2) is 0 Å². The number of amides is 1. The van der Waals surface area contributed by atoms with Gasteiger partial charge in [-0.2, -0.15) is 5.10 Å². The van der Waals surface area contributed by atoms with Crippen molar-refractivity contribution in [2.75, 3.05) is 0 Å². The van der Waals surface area contributed by atoms with Gasteiger partial charge in [0.1, 0.15) is 0 Å². The fourth-order valence-electron chi connectivity index (χ4n) is 1.83. The molecule has 1 heterocycles. The van der Waals surface area contributed by atoms with Gasteiger partial charge in [0.15, 0.2) is 0 Å². The Hall–Kier alpha value is -2.10. The third kappa shape index (κ3) is 2.53. The minimum atomic E-state index is -0.403. The van der Waals surface area contributed by atoms with E-state index in [2.05, 4.69) is 5.10 Å². The van der Waals surface area contributed by atoms with E-state index in [9.17, 15) is 4.79 Å². The summed E-state index contributed by atoms with van der Waals surface area (Å²) in [6.07, 6.45) is 0. The molecule has 17 heavy (non-hydrogen) atoms. The second kappa shape index (κ2) is 4.41. The summed E-state index contributed by atoms with van der Waals surface area (Å²) in [5.74, 6) is -0.403. The van der Waals surface area contributed by atoms with Crippen LogP contribution in [0.3, 0.4) is 0 Å². The third-order valence-corrected chi connectivity index (χ3v) is 2.65. The molecule has 0 aliphatic rings. The van der Waals surface area contributed by atoms with Crippen LogP contribution in [0.25, 0.3) is 0 Å². The second-order valence-electron chi connectivity index (χ2n) is 4.15.